The van der Waals surface area contributed by atoms with Crippen LogP contribution in [0.15, 0.2) is 6.33 Å². The summed E-state index contributed by atoms with van der Waals surface area (Å²) >= 11 is 0. The summed E-state index contributed by atoms with van der Waals surface area (Å²) in [6.45, 7) is 8.55. The van der Waals surface area contributed by atoms with Crippen molar-refractivity contribution in [2.75, 3.05) is 18.2 Å². The minimum Gasteiger partial charge on any atom is -0.479 e. The lowest BCUT2D eigenvalue weighted by molar-refractivity contribution is 0.358. The predicted octanol–water partition coefficient (Wildman–Crippen LogP) is 1.91. The van der Waals surface area contributed by atoms with Crippen LogP contribution in [0.1, 0.15) is 27.7 Å². The Hall–Kier alpha value is -1.52. The van der Waals surface area contributed by atoms with Crippen LogP contribution >= 0.6 is 0 Å². The van der Waals surface area contributed by atoms with Gasteiger partial charge in [-0.25, -0.2) is 4.98 Å². The van der Waals surface area contributed by atoms with E-state index in [1.165, 1.54) is 13.4 Å². The zero-order valence-electron chi connectivity index (χ0n) is 10.5. The molecule has 0 spiro atoms. The van der Waals surface area contributed by atoms with Crippen molar-refractivity contribution in [3.63, 3.8) is 0 Å². The van der Waals surface area contributed by atoms with Gasteiger partial charge in [0.25, 0.3) is 0 Å². The molecule has 0 aliphatic carbocycles. The van der Waals surface area contributed by atoms with E-state index in [4.69, 9.17) is 10.5 Å². The Morgan fingerprint density at radius 2 is 2.00 bits per heavy atom. The van der Waals surface area contributed by atoms with Crippen molar-refractivity contribution in [2.24, 2.45) is 5.41 Å². The molecule has 0 aliphatic heterocycles. The number of methoxy groups -OCH3 is 1. The van der Waals surface area contributed by atoms with Crippen molar-refractivity contribution < 1.29 is 4.74 Å². The van der Waals surface area contributed by atoms with E-state index in [0.717, 1.165) is 0 Å². The number of ether oxygens (including phenoxy) is 1. The van der Waals surface area contributed by atoms with E-state index in [2.05, 4.69) is 43.0 Å². The molecule has 0 aromatic carbocycles. The topological polar surface area (TPSA) is 73.1 Å². The summed E-state index contributed by atoms with van der Waals surface area (Å²) in [5.74, 6) is 1.02. The van der Waals surface area contributed by atoms with Crippen LogP contribution in [0.5, 0.6) is 5.88 Å². The highest BCUT2D eigenvalue weighted by molar-refractivity contribution is 5.66. The quantitative estimate of drug-likeness (QED) is 0.820. The van der Waals surface area contributed by atoms with Gasteiger partial charge in [0.05, 0.1) is 7.11 Å². The summed E-state index contributed by atoms with van der Waals surface area (Å²) in [6.07, 6.45) is 1.44. The maximum atomic E-state index is 5.87. The number of anilines is 2. The van der Waals surface area contributed by atoms with Gasteiger partial charge in [-0.1, -0.05) is 20.8 Å². The average Bonchev–Trinajstić information content (AvgIpc) is 2.19. The summed E-state index contributed by atoms with van der Waals surface area (Å²) < 4.78 is 5.04. The fourth-order valence-electron chi connectivity index (χ4n) is 1.08. The molecule has 1 atom stereocenters. The third-order valence-corrected chi connectivity index (χ3v) is 2.69. The molecule has 0 saturated carbocycles. The number of rotatable bonds is 3. The first kappa shape index (κ1) is 12.5. The van der Waals surface area contributed by atoms with Gasteiger partial charge in [-0.2, -0.15) is 4.98 Å². The van der Waals surface area contributed by atoms with Crippen molar-refractivity contribution in [3.05, 3.63) is 6.33 Å². The third-order valence-electron chi connectivity index (χ3n) is 2.69. The Kier molecular flexibility index (Phi) is 3.57. The van der Waals surface area contributed by atoms with Crippen LogP contribution in [-0.4, -0.2) is 23.1 Å². The molecule has 1 aromatic heterocycles. The van der Waals surface area contributed by atoms with Crippen LogP contribution < -0.4 is 15.8 Å². The molecule has 90 valence electrons. The molecular weight excluding hydrogens is 204 g/mol. The first-order valence-corrected chi connectivity index (χ1v) is 5.27. The first-order valence-electron chi connectivity index (χ1n) is 5.27. The van der Waals surface area contributed by atoms with E-state index < -0.39 is 0 Å². The molecule has 0 fully saturated rings. The molecule has 5 heteroatoms. The molecule has 1 aromatic rings. The molecule has 0 amide bonds. The Bertz CT molecular complexity index is 359. The van der Waals surface area contributed by atoms with Crippen molar-refractivity contribution in [3.8, 4) is 5.88 Å². The van der Waals surface area contributed by atoms with Gasteiger partial charge in [-0.3, -0.25) is 0 Å². The van der Waals surface area contributed by atoms with E-state index in [9.17, 15) is 0 Å². The maximum absolute atomic E-state index is 5.87. The van der Waals surface area contributed by atoms with E-state index in [-0.39, 0.29) is 11.5 Å². The second-order valence-corrected chi connectivity index (χ2v) is 4.88. The van der Waals surface area contributed by atoms with Crippen molar-refractivity contribution in [2.45, 2.75) is 33.7 Å². The Morgan fingerprint density at radius 1 is 1.38 bits per heavy atom. The van der Waals surface area contributed by atoms with E-state index >= 15 is 0 Å². The van der Waals surface area contributed by atoms with Crippen molar-refractivity contribution in [1.29, 1.82) is 0 Å². The van der Waals surface area contributed by atoms with Gasteiger partial charge >= 0.3 is 0 Å². The minimum atomic E-state index is 0.130. The van der Waals surface area contributed by atoms with Crippen LogP contribution in [-0.2, 0) is 0 Å². The molecule has 0 radical (unpaired) electrons. The van der Waals surface area contributed by atoms with Crippen LogP contribution in [0.2, 0.25) is 0 Å². The Balaban J connectivity index is 2.90. The first-order chi connectivity index (χ1) is 7.36. The summed E-state index contributed by atoms with van der Waals surface area (Å²) in [5.41, 5.74) is 6.45. The summed E-state index contributed by atoms with van der Waals surface area (Å²) in [6, 6.07) is 0.245. The van der Waals surface area contributed by atoms with Crippen molar-refractivity contribution >= 4 is 11.5 Å². The molecule has 3 N–H and O–H groups in total. The predicted molar refractivity (Wildman–Crippen MR) is 65.5 cm³/mol. The molecule has 1 unspecified atom stereocenters. The van der Waals surface area contributed by atoms with Gasteiger partial charge in [0, 0.05) is 6.04 Å². The summed E-state index contributed by atoms with van der Waals surface area (Å²) in [7, 11) is 1.54. The van der Waals surface area contributed by atoms with Crippen molar-refractivity contribution in [1.82, 2.24) is 9.97 Å². The number of hydrogen-bond donors (Lipinski definition) is 2. The smallest absolute Gasteiger partial charge is 0.242 e. The summed E-state index contributed by atoms with van der Waals surface area (Å²) in [4.78, 5) is 8.04. The second-order valence-electron chi connectivity index (χ2n) is 4.88. The Morgan fingerprint density at radius 3 is 2.50 bits per heavy atom. The average molecular weight is 224 g/mol. The fraction of sp³-hybridized carbons (Fsp3) is 0.636. The number of nitrogens with one attached hydrogen (secondary N) is 1. The molecule has 1 heterocycles. The van der Waals surface area contributed by atoms with Gasteiger partial charge in [-0.15, -0.1) is 0 Å². The van der Waals surface area contributed by atoms with Gasteiger partial charge in [-0.05, 0) is 12.3 Å². The zero-order valence-corrected chi connectivity index (χ0v) is 10.5. The molecule has 0 aliphatic rings. The maximum Gasteiger partial charge on any atom is 0.242 e. The lowest BCUT2D eigenvalue weighted by atomic mass is 9.88. The molecule has 5 nitrogen and oxygen atoms in total. The number of hydrogen-bond acceptors (Lipinski definition) is 5. The SMILES string of the molecule is COc1ncnc(NC(C)C(C)(C)C)c1N. The second kappa shape index (κ2) is 4.55. The highest BCUT2D eigenvalue weighted by atomic mass is 16.5. The lowest BCUT2D eigenvalue weighted by Gasteiger charge is -2.28. The van der Waals surface area contributed by atoms with Gasteiger partial charge in [0.1, 0.15) is 12.0 Å². The monoisotopic (exact) mass is 224 g/mol. The largest absolute Gasteiger partial charge is 0.479 e. The van der Waals surface area contributed by atoms with Gasteiger partial charge < -0.3 is 15.8 Å². The third kappa shape index (κ3) is 2.74. The fourth-order valence-corrected chi connectivity index (χ4v) is 1.08. The number of nitrogen functional groups attached to an aromatic ring is 1. The molecular formula is C11H20N4O. The van der Waals surface area contributed by atoms with E-state index in [1.807, 2.05) is 0 Å². The molecule has 0 saturated heterocycles. The Labute approximate surface area is 96.4 Å². The highest BCUT2D eigenvalue weighted by Crippen LogP contribution is 2.28. The van der Waals surface area contributed by atoms with Crippen LogP contribution in [0.25, 0.3) is 0 Å². The highest BCUT2D eigenvalue weighted by Gasteiger charge is 2.21. The van der Waals surface area contributed by atoms with Crippen LogP contribution in [0.4, 0.5) is 11.5 Å². The van der Waals surface area contributed by atoms with Gasteiger partial charge in [0.15, 0.2) is 5.82 Å². The minimum absolute atomic E-state index is 0.130. The van der Waals surface area contributed by atoms with Crippen LogP contribution in [0.3, 0.4) is 0 Å². The zero-order chi connectivity index (χ0) is 12.3. The number of aromatic nitrogens is 2. The number of nitrogens with two attached hydrogens (primary N) is 1. The normalized spacial score (nSPS) is 13.3. The number of nitrogens with zero attached hydrogens (tertiary/aromatic N) is 2. The lowest BCUT2D eigenvalue weighted by Crippen LogP contribution is -2.31. The molecule has 16 heavy (non-hydrogen) atoms. The van der Waals surface area contributed by atoms with E-state index in [0.29, 0.717) is 17.4 Å². The van der Waals surface area contributed by atoms with E-state index in [1.54, 1.807) is 0 Å². The van der Waals surface area contributed by atoms with Gasteiger partial charge in [0.2, 0.25) is 5.88 Å². The molecule has 1 rings (SSSR count). The standard InChI is InChI=1S/C11H20N4O/c1-7(11(2,3)4)15-9-8(12)10(16-5)14-6-13-9/h6-7H,12H2,1-5H3,(H,13,14,15). The molecule has 0 bridgehead atoms. The summed E-state index contributed by atoms with van der Waals surface area (Å²) in [5, 5.41) is 3.27. The van der Waals surface area contributed by atoms with Crippen LogP contribution in [0, 0.1) is 5.41 Å².